The molecule has 152 valence electrons. The van der Waals surface area contributed by atoms with E-state index < -0.39 is 0 Å². The van der Waals surface area contributed by atoms with E-state index in [1.165, 1.54) is 17.7 Å². The lowest BCUT2D eigenvalue weighted by Crippen LogP contribution is -2.51. The molecule has 3 atom stereocenters. The number of H-pyrrole nitrogens is 1. The molecule has 3 aromatic rings. The summed E-state index contributed by atoms with van der Waals surface area (Å²) in [4.78, 5) is 39.0. The van der Waals surface area contributed by atoms with E-state index in [4.69, 9.17) is 0 Å². The number of piperidine rings is 1. The summed E-state index contributed by atoms with van der Waals surface area (Å²) < 4.78 is 1.95. The number of hydrogen-bond acceptors (Lipinski definition) is 4. The fourth-order valence-electron chi connectivity index (χ4n) is 4.95. The summed E-state index contributed by atoms with van der Waals surface area (Å²) in [6.45, 7) is 1.10. The van der Waals surface area contributed by atoms with Crippen LogP contribution in [0.2, 0.25) is 0 Å². The Labute approximate surface area is 173 Å². The number of pyridine rings is 1. The number of amides is 1. The minimum absolute atomic E-state index is 0.00788. The van der Waals surface area contributed by atoms with Gasteiger partial charge in [-0.05, 0) is 36.5 Å². The van der Waals surface area contributed by atoms with Gasteiger partial charge in [0.25, 0.3) is 17.0 Å². The number of likely N-dealkylation sites (tertiary alicyclic amines) is 1. The van der Waals surface area contributed by atoms with Crippen molar-refractivity contribution in [3.63, 3.8) is 0 Å². The summed E-state index contributed by atoms with van der Waals surface area (Å²) in [6.07, 6.45) is 1.69. The zero-order valence-corrected chi connectivity index (χ0v) is 16.4. The van der Waals surface area contributed by atoms with Gasteiger partial charge in [0.15, 0.2) is 0 Å². The van der Waals surface area contributed by atoms with Crippen LogP contribution in [0.4, 0.5) is 0 Å². The number of carbonyl (C=O) groups excluding carboxylic acids is 1. The maximum atomic E-state index is 13.1. The lowest BCUT2D eigenvalue weighted by atomic mass is 9.76. The quantitative estimate of drug-likeness (QED) is 0.726. The van der Waals surface area contributed by atoms with E-state index in [0.717, 1.165) is 18.5 Å². The van der Waals surface area contributed by atoms with Crippen molar-refractivity contribution in [1.82, 2.24) is 19.7 Å². The second-order valence-electron chi connectivity index (χ2n) is 8.13. The average molecular weight is 402 g/mol. The van der Waals surface area contributed by atoms with Gasteiger partial charge in [-0.2, -0.15) is 5.10 Å². The molecule has 2 bridgehead atoms. The highest BCUT2D eigenvalue weighted by atomic mass is 16.2. The number of carbonyl (C=O) groups is 1. The van der Waals surface area contributed by atoms with Gasteiger partial charge >= 0.3 is 0 Å². The minimum atomic E-state index is -0.335. The van der Waals surface area contributed by atoms with Gasteiger partial charge in [-0.15, -0.1) is 0 Å². The van der Waals surface area contributed by atoms with Crippen LogP contribution in [0.25, 0.3) is 0 Å². The molecule has 30 heavy (non-hydrogen) atoms. The lowest BCUT2D eigenvalue weighted by molar-refractivity contribution is 0.0522. The van der Waals surface area contributed by atoms with Crippen LogP contribution in [0.3, 0.4) is 0 Å². The van der Waals surface area contributed by atoms with Crippen molar-refractivity contribution in [2.75, 3.05) is 13.1 Å². The summed E-state index contributed by atoms with van der Waals surface area (Å²) in [5, 5.41) is 6.24. The van der Waals surface area contributed by atoms with Crippen LogP contribution >= 0.6 is 0 Å². The third kappa shape index (κ3) is 3.26. The molecular formula is C23H22N4O3. The Balaban J connectivity index is 1.51. The number of aromatic amines is 1. The van der Waals surface area contributed by atoms with Gasteiger partial charge < -0.3 is 9.47 Å². The smallest absolute Gasteiger partial charge is 0.274 e. The van der Waals surface area contributed by atoms with E-state index in [1.54, 1.807) is 12.1 Å². The number of aromatic nitrogens is 3. The zero-order valence-electron chi connectivity index (χ0n) is 16.4. The highest BCUT2D eigenvalue weighted by molar-refractivity contribution is 5.92. The molecule has 0 aliphatic carbocycles. The Morgan fingerprint density at radius 3 is 2.60 bits per heavy atom. The molecule has 7 nitrogen and oxygen atoms in total. The summed E-state index contributed by atoms with van der Waals surface area (Å²) in [7, 11) is 0. The van der Waals surface area contributed by atoms with Crippen molar-refractivity contribution in [2.24, 2.45) is 5.92 Å². The maximum absolute atomic E-state index is 13.1. The van der Waals surface area contributed by atoms with Crippen molar-refractivity contribution < 1.29 is 4.79 Å². The van der Waals surface area contributed by atoms with Gasteiger partial charge in [0, 0.05) is 42.9 Å². The van der Waals surface area contributed by atoms with Gasteiger partial charge in [-0.1, -0.05) is 36.4 Å². The average Bonchev–Trinajstić information content (AvgIpc) is 2.77. The topological polar surface area (TPSA) is 88.1 Å². The Morgan fingerprint density at radius 2 is 1.83 bits per heavy atom. The standard InChI is InChI=1S/C23H22N4O3/c28-21-10-9-18(24-25-21)23(30)26-13-16-12-17(14-26)20(11-15-5-2-1-3-6-15)27-19(16)7-4-8-22(27)29/h1-10,16-17,20H,11-14H2,(H,25,28)/t16-,17+,20+/m1/s1. The first-order chi connectivity index (χ1) is 14.6. The number of fused-ring (bicyclic) bond motifs is 4. The first kappa shape index (κ1) is 18.5. The van der Waals surface area contributed by atoms with Gasteiger partial charge in [0.1, 0.15) is 5.69 Å². The van der Waals surface area contributed by atoms with E-state index >= 15 is 0 Å². The van der Waals surface area contributed by atoms with E-state index in [2.05, 4.69) is 22.3 Å². The Hall–Kier alpha value is -3.48. The second kappa shape index (κ2) is 7.40. The molecule has 1 fully saturated rings. The van der Waals surface area contributed by atoms with Gasteiger partial charge in [0.2, 0.25) is 0 Å². The zero-order chi connectivity index (χ0) is 20.7. The number of benzene rings is 1. The van der Waals surface area contributed by atoms with Crippen LogP contribution in [0.5, 0.6) is 0 Å². The van der Waals surface area contributed by atoms with E-state index in [1.807, 2.05) is 33.7 Å². The monoisotopic (exact) mass is 402 g/mol. The van der Waals surface area contributed by atoms with E-state index in [9.17, 15) is 14.4 Å². The highest BCUT2D eigenvalue weighted by Gasteiger charge is 2.42. The fourth-order valence-corrected chi connectivity index (χ4v) is 4.95. The van der Waals surface area contributed by atoms with Crippen molar-refractivity contribution in [2.45, 2.75) is 24.8 Å². The predicted molar refractivity (Wildman–Crippen MR) is 111 cm³/mol. The van der Waals surface area contributed by atoms with Gasteiger partial charge in [0.05, 0.1) is 0 Å². The molecule has 2 aliphatic heterocycles. The van der Waals surface area contributed by atoms with Crippen LogP contribution < -0.4 is 11.1 Å². The number of nitrogens with one attached hydrogen (secondary N) is 1. The van der Waals surface area contributed by atoms with Crippen molar-refractivity contribution in [3.8, 4) is 0 Å². The van der Waals surface area contributed by atoms with Crippen molar-refractivity contribution in [1.29, 1.82) is 0 Å². The molecular weight excluding hydrogens is 380 g/mol. The molecule has 2 aromatic heterocycles. The van der Waals surface area contributed by atoms with E-state index in [0.29, 0.717) is 13.1 Å². The number of nitrogens with zero attached hydrogens (tertiary/aromatic N) is 3. The fraction of sp³-hybridized carbons (Fsp3) is 0.304. The molecule has 0 unspecified atom stereocenters. The number of rotatable bonds is 3. The van der Waals surface area contributed by atoms with Crippen molar-refractivity contribution in [3.05, 3.63) is 98.3 Å². The normalized spacial score (nSPS) is 22.4. The molecule has 5 rings (SSSR count). The molecule has 1 amide bonds. The van der Waals surface area contributed by atoms with Gasteiger partial charge in [-0.25, -0.2) is 5.10 Å². The predicted octanol–water partition coefficient (Wildman–Crippen LogP) is 1.97. The molecule has 0 radical (unpaired) electrons. The third-order valence-corrected chi connectivity index (χ3v) is 6.27. The van der Waals surface area contributed by atoms with Crippen molar-refractivity contribution >= 4 is 5.91 Å². The van der Waals surface area contributed by atoms with Crippen LogP contribution in [0.1, 0.15) is 40.1 Å². The van der Waals surface area contributed by atoms with Gasteiger partial charge in [-0.3, -0.25) is 14.4 Å². The number of hydrogen-bond donors (Lipinski definition) is 1. The van der Waals surface area contributed by atoms with Crippen LogP contribution in [-0.2, 0) is 6.42 Å². The Bertz CT molecular complexity index is 1180. The third-order valence-electron chi connectivity index (χ3n) is 6.27. The Morgan fingerprint density at radius 1 is 1.00 bits per heavy atom. The molecule has 1 saturated heterocycles. The summed E-state index contributed by atoms with van der Waals surface area (Å²) in [6, 6.07) is 18.4. The summed E-state index contributed by atoms with van der Waals surface area (Å²) >= 11 is 0. The largest absolute Gasteiger partial charge is 0.336 e. The summed E-state index contributed by atoms with van der Waals surface area (Å²) in [5.41, 5.74) is 2.09. The molecule has 2 aliphatic rings. The molecule has 0 saturated carbocycles. The summed E-state index contributed by atoms with van der Waals surface area (Å²) in [5.74, 6) is 0.0887. The van der Waals surface area contributed by atoms with Crippen LogP contribution in [-0.4, -0.2) is 38.7 Å². The highest BCUT2D eigenvalue weighted by Crippen LogP contribution is 2.42. The first-order valence-corrected chi connectivity index (χ1v) is 10.2. The first-order valence-electron chi connectivity index (χ1n) is 10.2. The maximum Gasteiger partial charge on any atom is 0.274 e. The lowest BCUT2D eigenvalue weighted by Gasteiger charge is -2.47. The SMILES string of the molecule is O=C(c1ccc(=O)[nH]n1)N1C[C@H]2C[C@@H](C1)[C@H](Cc1ccccc1)n1c2cccc1=O. The second-order valence-corrected chi connectivity index (χ2v) is 8.13. The molecule has 4 heterocycles. The molecule has 0 spiro atoms. The Kier molecular flexibility index (Phi) is 4.58. The minimum Gasteiger partial charge on any atom is -0.336 e. The van der Waals surface area contributed by atoms with Crippen LogP contribution in [0.15, 0.2) is 70.3 Å². The molecule has 1 N–H and O–H groups in total. The molecule has 1 aromatic carbocycles. The van der Waals surface area contributed by atoms with Crippen LogP contribution in [0, 0.1) is 5.92 Å². The molecule has 7 heteroatoms. The van der Waals surface area contributed by atoms with E-state index in [-0.39, 0.29) is 40.6 Å².